The van der Waals surface area contributed by atoms with Gasteiger partial charge in [0.15, 0.2) is 0 Å². The third-order valence-corrected chi connectivity index (χ3v) is 3.19. The smallest absolute Gasteiger partial charge is 0.360 e. The lowest BCUT2D eigenvalue weighted by molar-refractivity contribution is -0.183. The van der Waals surface area contributed by atoms with Crippen molar-refractivity contribution in [2.24, 2.45) is 5.92 Å². The Hall–Kier alpha value is -1.04. The molecule has 0 amide bonds. The molecule has 0 aromatic carbocycles. The normalized spacial score (nSPS) is 26.1. The van der Waals surface area contributed by atoms with E-state index in [4.69, 9.17) is 4.52 Å². The van der Waals surface area contributed by atoms with Gasteiger partial charge < -0.3 is 9.84 Å². The molecule has 0 saturated heterocycles. The minimum absolute atomic E-state index is 0.0829. The number of rotatable bonds is 3. The molecule has 1 fully saturated rings. The van der Waals surface area contributed by atoms with Gasteiger partial charge in [-0.1, -0.05) is 11.6 Å². The number of alkyl halides is 3. The van der Waals surface area contributed by atoms with Gasteiger partial charge in [0.2, 0.25) is 0 Å². The standard InChI is InChI=1S/C11H15F3N2O/c12-11(13,14)8-2-1-3-9(6-8)15-7-10-4-5-16-17-10/h4-5,8-9,15H,1-3,6-7H2. The minimum atomic E-state index is -4.06. The maximum absolute atomic E-state index is 12.6. The summed E-state index contributed by atoms with van der Waals surface area (Å²) in [6, 6.07) is 1.62. The van der Waals surface area contributed by atoms with Crippen molar-refractivity contribution in [3.8, 4) is 0 Å². The lowest BCUT2D eigenvalue weighted by Gasteiger charge is -2.30. The van der Waals surface area contributed by atoms with E-state index in [1.54, 1.807) is 6.07 Å². The fourth-order valence-corrected chi connectivity index (χ4v) is 2.25. The highest BCUT2D eigenvalue weighted by atomic mass is 19.4. The molecule has 0 radical (unpaired) electrons. The second kappa shape index (κ2) is 5.08. The monoisotopic (exact) mass is 248 g/mol. The minimum Gasteiger partial charge on any atom is -0.360 e. The van der Waals surface area contributed by atoms with Crippen LogP contribution in [0.4, 0.5) is 13.2 Å². The van der Waals surface area contributed by atoms with Crippen LogP contribution >= 0.6 is 0 Å². The van der Waals surface area contributed by atoms with Crippen LogP contribution in [0.5, 0.6) is 0 Å². The van der Waals surface area contributed by atoms with Crippen molar-refractivity contribution in [2.75, 3.05) is 0 Å². The van der Waals surface area contributed by atoms with Crippen molar-refractivity contribution >= 4 is 0 Å². The van der Waals surface area contributed by atoms with Gasteiger partial charge in [0.25, 0.3) is 0 Å². The van der Waals surface area contributed by atoms with Gasteiger partial charge in [-0.2, -0.15) is 13.2 Å². The Morgan fingerprint density at radius 2 is 2.24 bits per heavy atom. The first-order valence-electron chi connectivity index (χ1n) is 5.75. The average molecular weight is 248 g/mol. The van der Waals surface area contributed by atoms with E-state index in [0.29, 0.717) is 18.7 Å². The topological polar surface area (TPSA) is 38.1 Å². The van der Waals surface area contributed by atoms with Gasteiger partial charge in [-0.05, 0) is 19.3 Å². The predicted molar refractivity (Wildman–Crippen MR) is 55.1 cm³/mol. The lowest BCUT2D eigenvalue weighted by atomic mass is 9.85. The summed E-state index contributed by atoms with van der Waals surface area (Å²) in [6.07, 6.45) is -0.705. The number of halogens is 3. The number of aromatic nitrogens is 1. The van der Waals surface area contributed by atoms with E-state index in [1.807, 2.05) is 0 Å². The van der Waals surface area contributed by atoms with Gasteiger partial charge >= 0.3 is 6.18 Å². The van der Waals surface area contributed by atoms with Crippen LogP contribution in [0.1, 0.15) is 31.4 Å². The molecule has 1 aromatic heterocycles. The Balaban J connectivity index is 1.81. The molecule has 1 aliphatic rings. The summed E-state index contributed by atoms with van der Waals surface area (Å²) in [5.41, 5.74) is 0. The maximum Gasteiger partial charge on any atom is 0.391 e. The summed E-state index contributed by atoms with van der Waals surface area (Å²) in [6.45, 7) is 0.440. The molecule has 1 heterocycles. The van der Waals surface area contributed by atoms with Crippen LogP contribution in [-0.2, 0) is 6.54 Å². The van der Waals surface area contributed by atoms with E-state index >= 15 is 0 Å². The van der Waals surface area contributed by atoms with E-state index < -0.39 is 12.1 Å². The first-order valence-corrected chi connectivity index (χ1v) is 5.75. The van der Waals surface area contributed by atoms with E-state index in [2.05, 4.69) is 10.5 Å². The summed E-state index contributed by atoms with van der Waals surface area (Å²) < 4.78 is 42.6. The quantitative estimate of drug-likeness (QED) is 0.893. The van der Waals surface area contributed by atoms with Crippen LogP contribution in [0.15, 0.2) is 16.8 Å². The fraction of sp³-hybridized carbons (Fsp3) is 0.727. The van der Waals surface area contributed by atoms with Crippen molar-refractivity contribution in [1.82, 2.24) is 10.5 Å². The van der Waals surface area contributed by atoms with E-state index in [0.717, 1.165) is 6.42 Å². The Morgan fingerprint density at radius 3 is 2.88 bits per heavy atom. The van der Waals surface area contributed by atoms with Crippen molar-refractivity contribution < 1.29 is 17.7 Å². The Kier molecular flexibility index (Phi) is 3.71. The maximum atomic E-state index is 12.6. The van der Waals surface area contributed by atoms with Crippen molar-refractivity contribution in [3.63, 3.8) is 0 Å². The molecule has 0 spiro atoms. The summed E-state index contributed by atoms with van der Waals surface area (Å²) >= 11 is 0. The lowest BCUT2D eigenvalue weighted by Crippen LogP contribution is -2.38. The van der Waals surface area contributed by atoms with Crippen LogP contribution < -0.4 is 5.32 Å². The third-order valence-electron chi connectivity index (χ3n) is 3.19. The molecule has 2 unspecified atom stereocenters. The number of nitrogens with zero attached hydrogens (tertiary/aromatic N) is 1. The molecule has 1 N–H and O–H groups in total. The van der Waals surface area contributed by atoms with Gasteiger partial charge in [0.05, 0.1) is 18.7 Å². The number of nitrogens with one attached hydrogen (secondary N) is 1. The van der Waals surface area contributed by atoms with Crippen LogP contribution in [0.2, 0.25) is 0 Å². The predicted octanol–water partition coefficient (Wildman–Crippen LogP) is 2.89. The molecule has 2 rings (SSSR count). The molecular formula is C11H15F3N2O. The SMILES string of the molecule is FC(F)(F)C1CCCC(NCc2ccno2)C1. The van der Waals surface area contributed by atoms with Crippen molar-refractivity contribution in [3.05, 3.63) is 18.0 Å². The molecular weight excluding hydrogens is 233 g/mol. The largest absolute Gasteiger partial charge is 0.391 e. The summed E-state index contributed by atoms with van der Waals surface area (Å²) in [4.78, 5) is 0. The Labute approximate surface area is 97.4 Å². The van der Waals surface area contributed by atoms with Gasteiger partial charge in [-0.25, -0.2) is 0 Å². The number of hydrogen-bond acceptors (Lipinski definition) is 3. The molecule has 17 heavy (non-hydrogen) atoms. The highest BCUT2D eigenvalue weighted by Gasteiger charge is 2.41. The molecule has 6 heteroatoms. The second-order valence-corrected chi connectivity index (χ2v) is 4.46. The first kappa shape index (κ1) is 12.4. The zero-order valence-electron chi connectivity index (χ0n) is 9.33. The van der Waals surface area contributed by atoms with Crippen LogP contribution in [-0.4, -0.2) is 17.4 Å². The molecule has 0 bridgehead atoms. The Morgan fingerprint density at radius 1 is 1.41 bits per heavy atom. The molecule has 1 aliphatic carbocycles. The average Bonchev–Trinajstić information content (AvgIpc) is 2.78. The molecule has 0 aliphatic heterocycles. The van der Waals surface area contributed by atoms with Crippen molar-refractivity contribution in [2.45, 2.75) is 44.4 Å². The highest BCUT2D eigenvalue weighted by molar-refractivity contribution is 4.93. The fourth-order valence-electron chi connectivity index (χ4n) is 2.25. The zero-order valence-corrected chi connectivity index (χ0v) is 9.33. The summed E-state index contributed by atoms with van der Waals surface area (Å²) in [5.74, 6) is -0.511. The van der Waals surface area contributed by atoms with Crippen LogP contribution in [0.3, 0.4) is 0 Å². The van der Waals surface area contributed by atoms with Gasteiger partial charge in [-0.3, -0.25) is 0 Å². The molecule has 1 aromatic rings. The van der Waals surface area contributed by atoms with E-state index in [9.17, 15) is 13.2 Å². The van der Waals surface area contributed by atoms with E-state index in [1.165, 1.54) is 6.20 Å². The van der Waals surface area contributed by atoms with Crippen LogP contribution in [0, 0.1) is 5.92 Å². The molecule has 1 saturated carbocycles. The van der Waals surface area contributed by atoms with Gasteiger partial charge in [0.1, 0.15) is 5.76 Å². The third kappa shape index (κ3) is 3.46. The van der Waals surface area contributed by atoms with E-state index in [-0.39, 0.29) is 18.9 Å². The molecule has 3 nitrogen and oxygen atoms in total. The highest BCUT2D eigenvalue weighted by Crippen LogP contribution is 2.37. The summed E-state index contributed by atoms with van der Waals surface area (Å²) in [5, 5.41) is 6.64. The number of hydrogen-bond donors (Lipinski definition) is 1. The van der Waals surface area contributed by atoms with Crippen LogP contribution in [0.25, 0.3) is 0 Å². The molecule has 96 valence electrons. The van der Waals surface area contributed by atoms with Crippen molar-refractivity contribution in [1.29, 1.82) is 0 Å². The second-order valence-electron chi connectivity index (χ2n) is 4.46. The first-order chi connectivity index (χ1) is 8.05. The zero-order chi connectivity index (χ0) is 12.3. The summed E-state index contributed by atoms with van der Waals surface area (Å²) in [7, 11) is 0. The van der Waals surface area contributed by atoms with Gasteiger partial charge in [0, 0.05) is 12.1 Å². The molecule has 2 atom stereocenters. The Bertz CT molecular complexity index is 337. The van der Waals surface area contributed by atoms with Gasteiger partial charge in [-0.15, -0.1) is 0 Å².